The van der Waals surface area contributed by atoms with E-state index in [9.17, 15) is 4.79 Å². The molecule has 0 saturated carbocycles. The third-order valence-electron chi connectivity index (χ3n) is 4.59. The summed E-state index contributed by atoms with van der Waals surface area (Å²) in [5, 5.41) is 6.69. The van der Waals surface area contributed by atoms with Crippen molar-refractivity contribution in [2.24, 2.45) is 0 Å². The Bertz CT molecular complexity index is 936. The van der Waals surface area contributed by atoms with Crippen molar-refractivity contribution in [2.45, 2.75) is 19.3 Å². The van der Waals surface area contributed by atoms with Crippen molar-refractivity contribution in [3.63, 3.8) is 0 Å². The van der Waals surface area contributed by atoms with Gasteiger partial charge in [-0.2, -0.15) is 0 Å². The molecule has 1 aliphatic heterocycles. The molecule has 0 aromatic heterocycles. The molecule has 3 rings (SSSR count). The molecule has 0 aliphatic carbocycles. The molecular formula is C20H20Br2ClN3O2S. The van der Waals surface area contributed by atoms with E-state index >= 15 is 0 Å². The van der Waals surface area contributed by atoms with Crippen molar-refractivity contribution in [1.29, 1.82) is 0 Å². The van der Waals surface area contributed by atoms with Gasteiger partial charge in [-0.05, 0) is 71.7 Å². The minimum atomic E-state index is -0.372. The van der Waals surface area contributed by atoms with Crippen LogP contribution in [0.25, 0.3) is 0 Å². The fraction of sp³-hybridized carbons (Fsp3) is 0.300. The Morgan fingerprint density at radius 3 is 2.62 bits per heavy atom. The topological polar surface area (TPSA) is 53.6 Å². The second-order valence-corrected chi connectivity index (χ2v) is 9.15. The Morgan fingerprint density at radius 2 is 1.93 bits per heavy atom. The number of para-hydroxylation sites is 1. The van der Waals surface area contributed by atoms with Gasteiger partial charge in [-0.25, -0.2) is 0 Å². The number of nitrogens with one attached hydrogen (secondary N) is 2. The molecule has 0 spiro atoms. The highest BCUT2D eigenvalue weighted by Gasteiger charge is 2.20. The van der Waals surface area contributed by atoms with E-state index in [0.29, 0.717) is 20.8 Å². The van der Waals surface area contributed by atoms with Gasteiger partial charge in [-0.15, -0.1) is 0 Å². The molecule has 0 radical (unpaired) electrons. The summed E-state index contributed by atoms with van der Waals surface area (Å²) in [5.41, 5.74) is 2.04. The zero-order valence-corrected chi connectivity index (χ0v) is 20.5. The van der Waals surface area contributed by atoms with E-state index in [2.05, 4.69) is 47.4 Å². The first kappa shape index (κ1) is 22.3. The number of hydrogen-bond acceptors (Lipinski definition) is 4. The molecule has 0 unspecified atom stereocenters. The van der Waals surface area contributed by atoms with Crippen LogP contribution in [0.4, 0.5) is 11.4 Å². The minimum absolute atomic E-state index is 0.189. The number of halogens is 3. The van der Waals surface area contributed by atoms with Gasteiger partial charge in [0.05, 0.1) is 33.5 Å². The van der Waals surface area contributed by atoms with Crippen LogP contribution in [0.2, 0.25) is 5.02 Å². The van der Waals surface area contributed by atoms with Gasteiger partial charge in [-0.3, -0.25) is 10.1 Å². The lowest BCUT2D eigenvalue weighted by Gasteiger charge is -2.31. The predicted octanol–water partition coefficient (Wildman–Crippen LogP) is 5.99. The summed E-state index contributed by atoms with van der Waals surface area (Å²) in [6, 6.07) is 9.12. The molecular weight excluding hydrogens is 542 g/mol. The lowest BCUT2D eigenvalue weighted by Crippen LogP contribution is -2.36. The van der Waals surface area contributed by atoms with E-state index in [4.69, 9.17) is 28.6 Å². The van der Waals surface area contributed by atoms with Gasteiger partial charge in [0.25, 0.3) is 5.91 Å². The minimum Gasteiger partial charge on any atom is -0.495 e. The maximum Gasteiger partial charge on any atom is 0.261 e. The summed E-state index contributed by atoms with van der Waals surface area (Å²) < 4.78 is 6.76. The Kier molecular flexibility index (Phi) is 7.79. The number of carbonyl (C=O) groups excluding carboxylic acids is 1. The Morgan fingerprint density at radius 1 is 1.21 bits per heavy atom. The highest BCUT2D eigenvalue weighted by Crippen LogP contribution is 2.36. The molecule has 1 aliphatic rings. The molecule has 29 heavy (non-hydrogen) atoms. The van der Waals surface area contributed by atoms with Crippen molar-refractivity contribution in [1.82, 2.24) is 5.32 Å². The number of rotatable bonds is 4. The lowest BCUT2D eigenvalue weighted by atomic mass is 10.1. The normalized spacial score (nSPS) is 13.7. The van der Waals surface area contributed by atoms with Crippen LogP contribution in [0.3, 0.4) is 0 Å². The van der Waals surface area contributed by atoms with Crippen LogP contribution in [0.5, 0.6) is 5.75 Å². The zero-order chi connectivity index (χ0) is 21.0. The number of thiocarbonyl (C=S) groups is 1. The summed E-state index contributed by atoms with van der Waals surface area (Å²) in [6.45, 7) is 1.89. The second-order valence-electron chi connectivity index (χ2n) is 6.56. The van der Waals surface area contributed by atoms with Gasteiger partial charge in [0.2, 0.25) is 0 Å². The third kappa shape index (κ3) is 5.42. The van der Waals surface area contributed by atoms with Crippen molar-refractivity contribution >= 4 is 78.1 Å². The molecule has 1 saturated heterocycles. The van der Waals surface area contributed by atoms with E-state index in [1.807, 2.05) is 24.3 Å². The zero-order valence-electron chi connectivity index (χ0n) is 15.7. The highest BCUT2D eigenvalue weighted by atomic mass is 79.9. The molecule has 1 heterocycles. The number of methoxy groups -OCH3 is 1. The van der Waals surface area contributed by atoms with Crippen LogP contribution in [-0.2, 0) is 0 Å². The Labute approximate surface area is 197 Å². The maximum absolute atomic E-state index is 12.8. The summed E-state index contributed by atoms with van der Waals surface area (Å²) in [6.07, 6.45) is 3.48. The number of anilines is 2. The summed E-state index contributed by atoms with van der Waals surface area (Å²) in [5.74, 6) is 0.0631. The van der Waals surface area contributed by atoms with Gasteiger partial charge >= 0.3 is 0 Å². The van der Waals surface area contributed by atoms with Gasteiger partial charge < -0.3 is 15.0 Å². The molecule has 0 bridgehead atoms. The van der Waals surface area contributed by atoms with Crippen LogP contribution >= 0.6 is 55.7 Å². The molecule has 1 fully saturated rings. The van der Waals surface area contributed by atoms with Crippen LogP contribution in [0, 0.1) is 0 Å². The van der Waals surface area contributed by atoms with Crippen LogP contribution in [0.1, 0.15) is 29.6 Å². The van der Waals surface area contributed by atoms with E-state index in [1.165, 1.54) is 13.5 Å². The van der Waals surface area contributed by atoms with Crippen LogP contribution in [0.15, 0.2) is 39.3 Å². The standard InChI is InChI=1S/C20H20Br2ClN3O2S/c1-28-18-13(10-12(21)11-14(18)22)19(27)25-20(29)24-16-7-5-6-15(23)17(16)26-8-3-2-4-9-26/h5-7,10-11H,2-4,8-9H2,1H3,(H2,24,25,27,29). The summed E-state index contributed by atoms with van der Waals surface area (Å²) >= 11 is 18.7. The molecule has 2 N–H and O–H groups in total. The van der Waals surface area contributed by atoms with Gasteiger partial charge in [0, 0.05) is 17.6 Å². The number of ether oxygens (including phenoxy) is 1. The van der Waals surface area contributed by atoms with Gasteiger partial charge in [0.15, 0.2) is 5.11 Å². The number of piperidine rings is 1. The monoisotopic (exact) mass is 559 g/mol. The summed E-state index contributed by atoms with van der Waals surface area (Å²) in [4.78, 5) is 15.0. The van der Waals surface area contributed by atoms with E-state index in [-0.39, 0.29) is 11.0 Å². The Balaban J connectivity index is 1.78. The second kappa shape index (κ2) is 10.1. The predicted molar refractivity (Wildman–Crippen MR) is 130 cm³/mol. The molecule has 5 nitrogen and oxygen atoms in total. The maximum atomic E-state index is 12.8. The Hall–Kier alpha value is -1.35. The van der Waals surface area contributed by atoms with Crippen LogP contribution in [-0.4, -0.2) is 31.2 Å². The average molecular weight is 562 g/mol. The molecule has 1 amide bonds. The molecule has 2 aromatic carbocycles. The van der Waals surface area contributed by atoms with Gasteiger partial charge in [-0.1, -0.05) is 33.6 Å². The van der Waals surface area contributed by atoms with Gasteiger partial charge in [0.1, 0.15) is 5.75 Å². The molecule has 2 aromatic rings. The first-order chi connectivity index (χ1) is 13.9. The quantitative estimate of drug-likeness (QED) is 0.449. The largest absolute Gasteiger partial charge is 0.495 e. The lowest BCUT2D eigenvalue weighted by molar-refractivity contribution is 0.0974. The van der Waals surface area contributed by atoms with Crippen molar-refractivity contribution in [3.05, 3.63) is 49.9 Å². The fourth-order valence-electron chi connectivity index (χ4n) is 3.32. The fourth-order valence-corrected chi connectivity index (χ4v) is 5.20. The van der Waals surface area contributed by atoms with E-state index in [0.717, 1.165) is 41.8 Å². The van der Waals surface area contributed by atoms with Crippen LogP contribution < -0.4 is 20.3 Å². The van der Waals surface area contributed by atoms with E-state index in [1.54, 1.807) is 6.07 Å². The number of carbonyl (C=O) groups is 1. The summed E-state index contributed by atoms with van der Waals surface area (Å²) in [7, 11) is 1.51. The van der Waals surface area contributed by atoms with Crippen molar-refractivity contribution < 1.29 is 9.53 Å². The molecule has 9 heteroatoms. The smallest absolute Gasteiger partial charge is 0.261 e. The molecule has 154 valence electrons. The first-order valence-corrected chi connectivity index (χ1v) is 11.5. The number of nitrogens with zero attached hydrogens (tertiary/aromatic N) is 1. The SMILES string of the molecule is COc1c(Br)cc(Br)cc1C(=O)NC(=S)Nc1cccc(Cl)c1N1CCCCC1. The van der Waals surface area contributed by atoms with Crippen molar-refractivity contribution in [3.8, 4) is 5.75 Å². The molecule has 0 atom stereocenters. The number of hydrogen-bond donors (Lipinski definition) is 2. The third-order valence-corrected chi connectivity index (χ3v) is 6.15. The van der Waals surface area contributed by atoms with E-state index < -0.39 is 0 Å². The number of benzene rings is 2. The van der Waals surface area contributed by atoms with Crippen molar-refractivity contribution in [2.75, 3.05) is 30.4 Å². The number of amides is 1. The first-order valence-electron chi connectivity index (χ1n) is 9.09. The average Bonchev–Trinajstić information content (AvgIpc) is 2.68. The highest BCUT2D eigenvalue weighted by molar-refractivity contribution is 9.11.